The highest BCUT2D eigenvalue weighted by Gasteiger charge is 2.21. The molecule has 0 fully saturated rings. The third-order valence-electron chi connectivity index (χ3n) is 2.61. The number of carbonyl (C=O) groups excluding carboxylic acids is 1. The molecule has 0 spiro atoms. The summed E-state index contributed by atoms with van der Waals surface area (Å²) in [4.78, 5) is 11.8. The van der Waals surface area contributed by atoms with Crippen LogP contribution in [-0.2, 0) is 4.79 Å². The van der Waals surface area contributed by atoms with Crippen molar-refractivity contribution in [1.82, 2.24) is 5.32 Å². The molecular formula is C12H26N2O. The molecule has 2 atom stereocenters. The van der Waals surface area contributed by atoms with E-state index in [-0.39, 0.29) is 17.9 Å². The first-order chi connectivity index (χ1) is 6.88. The minimum atomic E-state index is -0.0559. The number of nitrogens with one attached hydrogen (secondary N) is 1. The summed E-state index contributed by atoms with van der Waals surface area (Å²) in [6.07, 6.45) is 1.02. The Bertz CT molecular complexity index is 190. The Morgan fingerprint density at radius 3 is 2.07 bits per heavy atom. The molecule has 90 valence electrons. The van der Waals surface area contributed by atoms with Crippen molar-refractivity contribution >= 4 is 5.91 Å². The molecule has 0 saturated heterocycles. The molecule has 0 aromatic heterocycles. The second kappa shape index (κ2) is 6.83. The van der Waals surface area contributed by atoms with Gasteiger partial charge in [0.1, 0.15) is 0 Å². The first-order valence-electron chi connectivity index (χ1n) is 5.88. The Morgan fingerprint density at radius 2 is 1.73 bits per heavy atom. The molecule has 0 aliphatic carbocycles. The summed E-state index contributed by atoms with van der Waals surface area (Å²) in [6.45, 7) is 10.9. The van der Waals surface area contributed by atoms with Gasteiger partial charge in [-0.3, -0.25) is 4.79 Å². The molecule has 3 nitrogen and oxygen atoms in total. The maximum absolute atomic E-state index is 11.8. The van der Waals surface area contributed by atoms with Crippen LogP contribution in [0.15, 0.2) is 0 Å². The van der Waals surface area contributed by atoms with Gasteiger partial charge in [-0.25, -0.2) is 0 Å². The molecule has 3 heteroatoms. The number of hydrogen-bond acceptors (Lipinski definition) is 2. The van der Waals surface area contributed by atoms with Crippen LogP contribution in [0.4, 0.5) is 0 Å². The monoisotopic (exact) mass is 214 g/mol. The zero-order valence-corrected chi connectivity index (χ0v) is 10.7. The molecule has 1 amide bonds. The zero-order valence-electron chi connectivity index (χ0n) is 10.7. The van der Waals surface area contributed by atoms with Crippen molar-refractivity contribution in [3.8, 4) is 0 Å². The standard InChI is InChI=1S/C12H26N2O/c1-8(2)6-10(5)14-12(15)11(7-13)9(3)4/h8-11H,6-7,13H2,1-5H3,(H,14,15). The lowest BCUT2D eigenvalue weighted by molar-refractivity contribution is -0.126. The largest absolute Gasteiger partial charge is 0.353 e. The normalized spacial score (nSPS) is 15.5. The number of nitrogens with two attached hydrogens (primary N) is 1. The van der Waals surface area contributed by atoms with Crippen LogP contribution in [0.3, 0.4) is 0 Å². The lowest BCUT2D eigenvalue weighted by atomic mass is 9.94. The van der Waals surface area contributed by atoms with Gasteiger partial charge in [0.25, 0.3) is 0 Å². The molecule has 15 heavy (non-hydrogen) atoms. The van der Waals surface area contributed by atoms with E-state index in [1.165, 1.54) is 0 Å². The van der Waals surface area contributed by atoms with Gasteiger partial charge in [0.15, 0.2) is 0 Å². The first-order valence-corrected chi connectivity index (χ1v) is 5.88. The second-order valence-corrected chi connectivity index (χ2v) is 5.13. The van der Waals surface area contributed by atoms with E-state index in [0.717, 1.165) is 6.42 Å². The summed E-state index contributed by atoms with van der Waals surface area (Å²) < 4.78 is 0. The predicted molar refractivity (Wildman–Crippen MR) is 64.4 cm³/mol. The number of amides is 1. The highest BCUT2D eigenvalue weighted by atomic mass is 16.1. The van der Waals surface area contributed by atoms with Crippen molar-refractivity contribution in [3.05, 3.63) is 0 Å². The number of rotatable bonds is 6. The van der Waals surface area contributed by atoms with Crippen molar-refractivity contribution in [2.45, 2.75) is 47.1 Å². The Hall–Kier alpha value is -0.570. The summed E-state index contributed by atoms with van der Waals surface area (Å²) in [7, 11) is 0. The van der Waals surface area contributed by atoms with Gasteiger partial charge in [0, 0.05) is 12.6 Å². The topological polar surface area (TPSA) is 55.1 Å². The highest BCUT2D eigenvalue weighted by molar-refractivity contribution is 5.79. The summed E-state index contributed by atoms with van der Waals surface area (Å²) in [5, 5.41) is 3.02. The van der Waals surface area contributed by atoms with Crippen LogP contribution in [0.2, 0.25) is 0 Å². The minimum absolute atomic E-state index is 0.0559. The van der Waals surface area contributed by atoms with Gasteiger partial charge in [0.2, 0.25) is 5.91 Å². The van der Waals surface area contributed by atoms with Gasteiger partial charge >= 0.3 is 0 Å². The average molecular weight is 214 g/mol. The molecule has 0 aliphatic heterocycles. The zero-order chi connectivity index (χ0) is 12.0. The van der Waals surface area contributed by atoms with Gasteiger partial charge in [0.05, 0.1) is 5.92 Å². The van der Waals surface area contributed by atoms with Crippen LogP contribution >= 0.6 is 0 Å². The van der Waals surface area contributed by atoms with Crippen LogP contribution < -0.4 is 11.1 Å². The minimum Gasteiger partial charge on any atom is -0.353 e. The fraction of sp³-hybridized carbons (Fsp3) is 0.917. The van der Waals surface area contributed by atoms with Crippen molar-refractivity contribution in [3.63, 3.8) is 0 Å². The van der Waals surface area contributed by atoms with Crippen molar-refractivity contribution < 1.29 is 4.79 Å². The average Bonchev–Trinajstić information content (AvgIpc) is 2.01. The Morgan fingerprint density at radius 1 is 1.20 bits per heavy atom. The Kier molecular flexibility index (Phi) is 6.57. The van der Waals surface area contributed by atoms with E-state index < -0.39 is 0 Å². The third kappa shape index (κ3) is 5.78. The quantitative estimate of drug-likeness (QED) is 0.708. The van der Waals surface area contributed by atoms with Crippen molar-refractivity contribution in [2.75, 3.05) is 6.54 Å². The SMILES string of the molecule is CC(C)CC(C)NC(=O)C(CN)C(C)C. The maximum Gasteiger partial charge on any atom is 0.224 e. The van der Waals surface area contributed by atoms with Crippen LogP contribution in [0, 0.1) is 17.8 Å². The molecule has 3 N–H and O–H groups in total. The van der Waals surface area contributed by atoms with Crippen LogP contribution in [0.5, 0.6) is 0 Å². The number of hydrogen-bond donors (Lipinski definition) is 2. The van der Waals surface area contributed by atoms with Gasteiger partial charge < -0.3 is 11.1 Å². The van der Waals surface area contributed by atoms with E-state index in [9.17, 15) is 4.79 Å². The van der Waals surface area contributed by atoms with Crippen molar-refractivity contribution in [1.29, 1.82) is 0 Å². The van der Waals surface area contributed by atoms with E-state index in [1.807, 2.05) is 20.8 Å². The van der Waals surface area contributed by atoms with E-state index in [2.05, 4.69) is 19.2 Å². The lowest BCUT2D eigenvalue weighted by Crippen LogP contribution is -2.42. The van der Waals surface area contributed by atoms with Gasteiger partial charge in [-0.1, -0.05) is 27.7 Å². The van der Waals surface area contributed by atoms with Gasteiger partial charge in [-0.2, -0.15) is 0 Å². The Labute approximate surface area is 93.8 Å². The molecule has 0 heterocycles. The summed E-state index contributed by atoms with van der Waals surface area (Å²) in [5.74, 6) is 0.956. The molecule has 0 rings (SSSR count). The van der Waals surface area contributed by atoms with Crippen LogP contribution in [0.25, 0.3) is 0 Å². The lowest BCUT2D eigenvalue weighted by Gasteiger charge is -2.22. The molecule has 0 aliphatic rings. The highest BCUT2D eigenvalue weighted by Crippen LogP contribution is 2.11. The van der Waals surface area contributed by atoms with Crippen LogP contribution in [-0.4, -0.2) is 18.5 Å². The molecule has 0 bridgehead atoms. The molecule has 0 saturated carbocycles. The van der Waals surface area contributed by atoms with E-state index >= 15 is 0 Å². The molecule has 0 radical (unpaired) electrons. The maximum atomic E-state index is 11.8. The van der Waals surface area contributed by atoms with Gasteiger partial charge in [-0.05, 0) is 25.2 Å². The molecule has 0 aromatic carbocycles. The van der Waals surface area contributed by atoms with E-state index in [4.69, 9.17) is 5.73 Å². The molecule has 2 unspecified atom stereocenters. The predicted octanol–water partition coefficient (Wildman–Crippen LogP) is 1.77. The molecular weight excluding hydrogens is 188 g/mol. The summed E-state index contributed by atoms with van der Waals surface area (Å²) >= 11 is 0. The van der Waals surface area contributed by atoms with Crippen LogP contribution in [0.1, 0.15) is 41.0 Å². The van der Waals surface area contributed by atoms with Gasteiger partial charge in [-0.15, -0.1) is 0 Å². The number of carbonyl (C=O) groups is 1. The fourth-order valence-electron chi connectivity index (χ4n) is 1.80. The summed E-state index contributed by atoms with van der Waals surface area (Å²) in [6, 6.07) is 0.241. The first kappa shape index (κ1) is 14.4. The smallest absolute Gasteiger partial charge is 0.224 e. The van der Waals surface area contributed by atoms with E-state index in [1.54, 1.807) is 0 Å². The fourth-order valence-corrected chi connectivity index (χ4v) is 1.80. The third-order valence-corrected chi connectivity index (χ3v) is 2.61. The van der Waals surface area contributed by atoms with E-state index in [0.29, 0.717) is 18.4 Å². The Balaban J connectivity index is 4.10. The summed E-state index contributed by atoms with van der Waals surface area (Å²) in [5.41, 5.74) is 5.59. The second-order valence-electron chi connectivity index (χ2n) is 5.13. The van der Waals surface area contributed by atoms with Crippen molar-refractivity contribution in [2.24, 2.45) is 23.5 Å². The molecule has 0 aromatic rings.